The van der Waals surface area contributed by atoms with Crippen LogP contribution in [0.5, 0.6) is 11.5 Å². The number of likely N-dealkylation sites (N-methyl/N-ethyl adjacent to an activating group) is 1. The van der Waals surface area contributed by atoms with Gasteiger partial charge >= 0.3 is 0 Å². The van der Waals surface area contributed by atoms with Crippen LogP contribution in [-0.4, -0.2) is 55.2 Å². The number of anilines is 1. The average molecular weight is 478 g/mol. The van der Waals surface area contributed by atoms with Crippen molar-refractivity contribution in [1.82, 2.24) is 9.88 Å². The first-order valence-corrected chi connectivity index (χ1v) is 11.5. The second-order valence-electron chi connectivity index (χ2n) is 7.50. The SMILES string of the molecule is CCN(CC)CCN(C(=O)c1ccc(OC(C)C)cc1)c1nc2cc(OC)ccc2s1.Cl. The lowest BCUT2D eigenvalue weighted by molar-refractivity contribution is 0.0983. The van der Waals surface area contributed by atoms with Crippen LogP contribution in [-0.2, 0) is 0 Å². The molecule has 2 aromatic carbocycles. The highest BCUT2D eigenvalue weighted by Gasteiger charge is 2.22. The summed E-state index contributed by atoms with van der Waals surface area (Å²) in [6.07, 6.45) is 0.0897. The number of methoxy groups -OCH3 is 1. The second kappa shape index (κ2) is 12.0. The van der Waals surface area contributed by atoms with E-state index in [-0.39, 0.29) is 24.4 Å². The van der Waals surface area contributed by atoms with Crippen molar-refractivity contribution in [2.75, 3.05) is 38.2 Å². The summed E-state index contributed by atoms with van der Waals surface area (Å²) in [4.78, 5) is 22.3. The minimum absolute atomic E-state index is 0. The number of rotatable bonds is 10. The number of nitrogens with zero attached hydrogens (tertiary/aromatic N) is 3. The molecule has 0 aliphatic rings. The summed E-state index contributed by atoms with van der Waals surface area (Å²) < 4.78 is 12.1. The molecule has 32 heavy (non-hydrogen) atoms. The lowest BCUT2D eigenvalue weighted by Crippen LogP contribution is -2.38. The molecule has 8 heteroatoms. The standard InChI is InChI=1S/C24H31N3O3S.ClH/c1-6-26(7-2)14-15-27(23(28)18-8-10-19(11-9-18)30-17(3)4)24-25-21-16-20(29-5)12-13-22(21)31-24;/h8-13,16-17H,6-7,14-15H2,1-5H3;1H. The van der Waals surface area contributed by atoms with Crippen molar-refractivity contribution in [2.24, 2.45) is 0 Å². The third-order valence-electron chi connectivity index (χ3n) is 5.07. The van der Waals surface area contributed by atoms with Gasteiger partial charge in [0.1, 0.15) is 11.5 Å². The molecule has 0 fully saturated rings. The van der Waals surface area contributed by atoms with Gasteiger partial charge in [0.05, 0.1) is 23.4 Å². The highest BCUT2D eigenvalue weighted by Crippen LogP contribution is 2.32. The Morgan fingerprint density at radius 3 is 2.28 bits per heavy atom. The van der Waals surface area contributed by atoms with E-state index >= 15 is 0 Å². The minimum atomic E-state index is -0.0609. The van der Waals surface area contributed by atoms with Crippen LogP contribution in [0.4, 0.5) is 5.13 Å². The Balaban J connectivity index is 0.00000363. The zero-order valence-electron chi connectivity index (χ0n) is 19.3. The average Bonchev–Trinajstić information content (AvgIpc) is 3.19. The second-order valence-corrected chi connectivity index (χ2v) is 8.51. The first kappa shape index (κ1) is 25.9. The molecule has 0 N–H and O–H groups in total. The smallest absolute Gasteiger partial charge is 0.260 e. The van der Waals surface area contributed by atoms with Gasteiger partial charge in [0.2, 0.25) is 0 Å². The molecule has 6 nitrogen and oxygen atoms in total. The van der Waals surface area contributed by atoms with Crippen molar-refractivity contribution in [2.45, 2.75) is 33.8 Å². The van der Waals surface area contributed by atoms with Crippen LogP contribution < -0.4 is 14.4 Å². The van der Waals surface area contributed by atoms with Crippen molar-refractivity contribution >= 4 is 45.0 Å². The number of aromatic nitrogens is 1. The number of hydrogen-bond donors (Lipinski definition) is 0. The highest BCUT2D eigenvalue weighted by molar-refractivity contribution is 7.22. The first-order valence-electron chi connectivity index (χ1n) is 10.7. The lowest BCUT2D eigenvalue weighted by Gasteiger charge is -2.24. The van der Waals surface area contributed by atoms with Crippen LogP contribution >= 0.6 is 23.7 Å². The highest BCUT2D eigenvalue weighted by atomic mass is 35.5. The Labute approximate surface area is 200 Å². The Morgan fingerprint density at radius 1 is 1.03 bits per heavy atom. The molecule has 174 valence electrons. The Morgan fingerprint density at radius 2 is 1.69 bits per heavy atom. The van der Waals surface area contributed by atoms with Crippen molar-refractivity contribution in [3.05, 3.63) is 48.0 Å². The summed E-state index contributed by atoms with van der Waals surface area (Å²) in [6.45, 7) is 11.5. The summed E-state index contributed by atoms with van der Waals surface area (Å²) >= 11 is 1.52. The zero-order chi connectivity index (χ0) is 22.4. The summed E-state index contributed by atoms with van der Waals surface area (Å²) in [7, 11) is 1.64. The number of carbonyl (C=O) groups is 1. The molecule has 0 saturated carbocycles. The monoisotopic (exact) mass is 477 g/mol. The molecule has 0 aliphatic carbocycles. The molecule has 3 aromatic rings. The Hall–Kier alpha value is -2.35. The number of ether oxygens (including phenoxy) is 2. The molecule has 0 aliphatic heterocycles. The Bertz CT molecular complexity index is 1000. The number of benzene rings is 2. The maximum Gasteiger partial charge on any atom is 0.260 e. The van der Waals surface area contributed by atoms with Crippen LogP contribution in [0, 0.1) is 0 Å². The topological polar surface area (TPSA) is 54.9 Å². The summed E-state index contributed by atoms with van der Waals surface area (Å²) in [5, 5.41) is 0.697. The number of halogens is 1. The van der Waals surface area contributed by atoms with Gasteiger partial charge in [-0.05, 0) is 63.3 Å². The number of amides is 1. The normalized spacial score (nSPS) is 11.0. The molecule has 1 amide bonds. The molecule has 1 aromatic heterocycles. The third-order valence-corrected chi connectivity index (χ3v) is 6.13. The van der Waals surface area contributed by atoms with Crippen LogP contribution in [0.3, 0.4) is 0 Å². The molecular formula is C24H32ClN3O3S. The molecule has 0 radical (unpaired) electrons. The quantitative estimate of drug-likeness (QED) is 0.385. The van der Waals surface area contributed by atoms with E-state index < -0.39 is 0 Å². The minimum Gasteiger partial charge on any atom is -0.497 e. The maximum absolute atomic E-state index is 13.5. The fourth-order valence-corrected chi connectivity index (χ4v) is 4.28. The molecule has 0 bridgehead atoms. The predicted molar refractivity (Wildman–Crippen MR) is 135 cm³/mol. The number of fused-ring (bicyclic) bond motifs is 1. The van der Waals surface area contributed by atoms with Gasteiger partial charge in [0.15, 0.2) is 5.13 Å². The van der Waals surface area contributed by atoms with Crippen molar-refractivity contribution in [3.63, 3.8) is 0 Å². The zero-order valence-corrected chi connectivity index (χ0v) is 21.0. The summed E-state index contributed by atoms with van der Waals surface area (Å²) in [6, 6.07) is 13.1. The van der Waals surface area contributed by atoms with Crippen LogP contribution in [0.1, 0.15) is 38.1 Å². The predicted octanol–water partition coefficient (Wildman–Crippen LogP) is 5.50. The van der Waals surface area contributed by atoms with Gasteiger partial charge < -0.3 is 14.4 Å². The van der Waals surface area contributed by atoms with E-state index in [1.807, 2.05) is 56.3 Å². The van der Waals surface area contributed by atoms with Gasteiger partial charge in [-0.2, -0.15) is 0 Å². The molecule has 0 unspecified atom stereocenters. The van der Waals surface area contributed by atoms with E-state index in [0.717, 1.165) is 41.3 Å². The number of carbonyl (C=O) groups excluding carboxylic acids is 1. The number of hydrogen-bond acceptors (Lipinski definition) is 6. The fourth-order valence-electron chi connectivity index (χ4n) is 3.31. The van der Waals surface area contributed by atoms with Gasteiger partial charge in [-0.25, -0.2) is 4.98 Å². The third kappa shape index (κ3) is 6.34. The van der Waals surface area contributed by atoms with Gasteiger partial charge in [0.25, 0.3) is 5.91 Å². The van der Waals surface area contributed by atoms with Gasteiger partial charge in [0, 0.05) is 24.7 Å². The lowest BCUT2D eigenvalue weighted by atomic mass is 10.2. The van der Waals surface area contributed by atoms with Gasteiger partial charge in [-0.3, -0.25) is 9.69 Å². The molecule has 0 saturated heterocycles. The first-order chi connectivity index (χ1) is 14.9. The van der Waals surface area contributed by atoms with E-state index in [2.05, 4.69) is 18.7 Å². The van der Waals surface area contributed by atoms with E-state index in [1.54, 1.807) is 12.0 Å². The van der Waals surface area contributed by atoms with E-state index in [1.165, 1.54) is 11.3 Å². The van der Waals surface area contributed by atoms with Crippen molar-refractivity contribution < 1.29 is 14.3 Å². The molecule has 0 atom stereocenters. The molecule has 0 spiro atoms. The van der Waals surface area contributed by atoms with E-state index in [9.17, 15) is 4.79 Å². The fraction of sp³-hybridized carbons (Fsp3) is 0.417. The van der Waals surface area contributed by atoms with Gasteiger partial charge in [-0.15, -0.1) is 12.4 Å². The summed E-state index contributed by atoms with van der Waals surface area (Å²) in [5.74, 6) is 1.45. The van der Waals surface area contributed by atoms with E-state index in [0.29, 0.717) is 17.2 Å². The van der Waals surface area contributed by atoms with Crippen molar-refractivity contribution in [3.8, 4) is 11.5 Å². The van der Waals surface area contributed by atoms with Crippen LogP contribution in [0.2, 0.25) is 0 Å². The van der Waals surface area contributed by atoms with Gasteiger partial charge in [-0.1, -0.05) is 25.2 Å². The van der Waals surface area contributed by atoms with Crippen molar-refractivity contribution in [1.29, 1.82) is 0 Å². The summed E-state index contributed by atoms with van der Waals surface area (Å²) in [5.41, 5.74) is 1.45. The maximum atomic E-state index is 13.5. The Kier molecular flexibility index (Phi) is 9.75. The molecular weight excluding hydrogens is 446 g/mol. The largest absolute Gasteiger partial charge is 0.497 e. The van der Waals surface area contributed by atoms with E-state index in [4.69, 9.17) is 14.5 Å². The number of thiazole rings is 1. The molecule has 3 rings (SSSR count). The molecule has 1 heterocycles. The van der Waals surface area contributed by atoms with Crippen LogP contribution in [0.25, 0.3) is 10.2 Å². The van der Waals surface area contributed by atoms with Crippen LogP contribution in [0.15, 0.2) is 42.5 Å².